The van der Waals surface area contributed by atoms with Crippen LogP contribution in [0.1, 0.15) is 31.0 Å². The third kappa shape index (κ3) is 2.98. The van der Waals surface area contributed by atoms with Crippen molar-refractivity contribution in [2.75, 3.05) is 6.54 Å². The van der Waals surface area contributed by atoms with Crippen molar-refractivity contribution in [1.82, 2.24) is 9.88 Å². The predicted molar refractivity (Wildman–Crippen MR) is 72.1 cm³/mol. The number of rotatable bonds is 5. The maximum absolute atomic E-state index is 3.34. The Labute approximate surface area is 103 Å². The molecule has 0 aliphatic carbocycles. The van der Waals surface area contributed by atoms with Gasteiger partial charge in [-0.25, -0.2) is 0 Å². The molecule has 1 atom stereocenters. The standard InChI is InChI=1S/C15H20N2/c1-3-16-11-14-9-10-17(12-14)13(2)15-7-5-4-6-8-15/h4-10,12-13,16H,3,11H2,1-2H3. The van der Waals surface area contributed by atoms with E-state index in [1.165, 1.54) is 11.1 Å². The van der Waals surface area contributed by atoms with Crippen LogP contribution < -0.4 is 5.32 Å². The molecule has 0 fully saturated rings. The topological polar surface area (TPSA) is 17.0 Å². The van der Waals surface area contributed by atoms with Crippen LogP contribution in [0.4, 0.5) is 0 Å². The first-order valence-electron chi connectivity index (χ1n) is 6.23. The Kier molecular flexibility index (Phi) is 3.99. The molecule has 0 aliphatic rings. The molecule has 0 amide bonds. The molecule has 0 aliphatic heterocycles. The lowest BCUT2D eigenvalue weighted by Gasteiger charge is -2.13. The Hall–Kier alpha value is -1.54. The van der Waals surface area contributed by atoms with Gasteiger partial charge in [0.05, 0.1) is 6.04 Å². The maximum Gasteiger partial charge on any atom is 0.0551 e. The fraction of sp³-hybridized carbons (Fsp3) is 0.333. The Morgan fingerprint density at radius 2 is 1.94 bits per heavy atom. The average molecular weight is 228 g/mol. The predicted octanol–water partition coefficient (Wildman–Crippen LogP) is 3.21. The van der Waals surface area contributed by atoms with Gasteiger partial charge in [-0.1, -0.05) is 37.3 Å². The van der Waals surface area contributed by atoms with Gasteiger partial charge >= 0.3 is 0 Å². The van der Waals surface area contributed by atoms with E-state index in [-0.39, 0.29) is 0 Å². The molecule has 0 saturated carbocycles. The molecular weight excluding hydrogens is 208 g/mol. The van der Waals surface area contributed by atoms with Crippen LogP contribution in [0.25, 0.3) is 0 Å². The highest BCUT2D eigenvalue weighted by Crippen LogP contribution is 2.18. The van der Waals surface area contributed by atoms with E-state index in [9.17, 15) is 0 Å². The van der Waals surface area contributed by atoms with E-state index in [0.29, 0.717) is 6.04 Å². The molecule has 17 heavy (non-hydrogen) atoms. The van der Waals surface area contributed by atoms with E-state index < -0.39 is 0 Å². The Balaban J connectivity index is 2.09. The summed E-state index contributed by atoms with van der Waals surface area (Å²) in [7, 11) is 0. The maximum atomic E-state index is 3.34. The molecule has 1 unspecified atom stereocenters. The number of hydrogen-bond acceptors (Lipinski definition) is 1. The average Bonchev–Trinajstić information content (AvgIpc) is 2.85. The molecule has 2 nitrogen and oxygen atoms in total. The van der Waals surface area contributed by atoms with Crippen LogP contribution in [-0.4, -0.2) is 11.1 Å². The number of benzene rings is 1. The molecule has 0 radical (unpaired) electrons. The molecule has 90 valence electrons. The van der Waals surface area contributed by atoms with Gasteiger partial charge in [0, 0.05) is 18.9 Å². The molecule has 2 heteroatoms. The molecule has 1 N–H and O–H groups in total. The van der Waals surface area contributed by atoms with Gasteiger partial charge in [0.25, 0.3) is 0 Å². The Morgan fingerprint density at radius 3 is 2.65 bits per heavy atom. The fourth-order valence-corrected chi connectivity index (χ4v) is 1.98. The lowest BCUT2D eigenvalue weighted by atomic mass is 10.1. The molecule has 2 aromatic rings. The van der Waals surface area contributed by atoms with Crippen LogP contribution in [0, 0.1) is 0 Å². The minimum Gasteiger partial charge on any atom is -0.347 e. The first-order valence-corrected chi connectivity index (χ1v) is 6.23. The molecule has 1 heterocycles. The van der Waals surface area contributed by atoms with Gasteiger partial charge in [0.15, 0.2) is 0 Å². The lowest BCUT2D eigenvalue weighted by Crippen LogP contribution is -2.11. The van der Waals surface area contributed by atoms with Crippen LogP contribution in [0.5, 0.6) is 0 Å². The highest BCUT2D eigenvalue weighted by Gasteiger charge is 2.06. The van der Waals surface area contributed by atoms with E-state index >= 15 is 0 Å². The first-order chi connectivity index (χ1) is 8.31. The first kappa shape index (κ1) is 11.9. The number of nitrogens with zero attached hydrogens (tertiary/aromatic N) is 1. The smallest absolute Gasteiger partial charge is 0.0551 e. The van der Waals surface area contributed by atoms with Crippen molar-refractivity contribution in [2.24, 2.45) is 0 Å². The SMILES string of the molecule is CCNCc1ccn(C(C)c2ccccc2)c1. The van der Waals surface area contributed by atoms with Crippen LogP contribution in [0.2, 0.25) is 0 Å². The summed E-state index contributed by atoms with van der Waals surface area (Å²) in [5.41, 5.74) is 2.69. The summed E-state index contributed by atoms with van der Waals surface area (Å²) in [6.07, 6.45) is 4.38. The molecule has 0 spiro atoms. The van der Waals surface area contributed by atoms with Gasteiger partial charge in [-0.05, 0) is 30.7 Å². The zero-order chi connectivity index (χ0) is 12.1. The summed E-state index contributed by atoms with van der Waals surface area (Å²) < 4.78 is 2.27. The van der Waals surface area contributed by atoms with E-state index in [1.807, 2.05) is 0 Å². The van der Waals surface area contributed by atoms with Crippen LogP contribution >= 0.6 is 0 Å². The number of hydrogen-bond donors (Lipinski definition) is 1. The summed E-state index contributed by atoms with van der Waals surface area (Å²) in [5.74, 6) is 0. The van der Waals surface area contributed by atoms with Gasteiger partial charge in [-0.15, -0.1) is 0 Å². The second kappa shape index (κ2) is 5.69. The molecule has 2 rings (SSSR count). The molecule has 0 bridgehead atoms. The molecule has 0 saturated heterocycles. The summed E-state index contributed by atoms with van der Waals surface area (Å²) in [6.45, 7) is 6.32. The van der Waals surface area contributed by atoms with Gasteiger partial charge in [-0.2, -0.15) is 0 Å². The van der Waals surface area contributed by atoms with Crippen molar-refractivity contribution in [3.05, 3.63) is 59.9 Å². The van der Waals surface area contributed by atoms with E-state index in [0.717, 1.165) is 13.1 Å². The summed E-state index contributed by atoms with van der Waals surface area (Å²) in [5, 5.41) is 3.34. The van der Waals surface area contributed by atoms with E-state index in [1.54, 1.807) is 0 Å². The number of nitrogens with one attached hydrogen (secondary N) is 1. The third-order valence-electron chi connectivity index (χ3n) is 3.08. The van der Waals surface area contributed by atoms with Crippen molar-refractivity contribution in [2.45, 2.75) is 26.4 Å². The van der Waals surface area contributed by atoms with Crippen molar-refractivity contribution < 1.29 is 0 Å². The highest BCUT2D eigenvalue weighted by molar-refractivity contribution is 5.21. The van der Waals surface area contributed by atoms with Crippen LogP contribution in [0.3, 0.4) is 0 Å². The molecule has 1 aromatic carbocycles. The van der Waals surface area contributed by atoms with Crippen molar-refractivity contribution >= 4 is 0 Å². The quantitative estimate of drug-likeness (QED) is 0.831. The van der Waals surface area contributed by atoms with Crippen molar-refractivity contribution in [3.8, 4) is 0 Å². The van der Waals surface area contributed by atoms with E-state index in [4.69, 9.17) is 0 Å². The van der Waals surface area contributed by atoms with Crippen molar-refractivity contribution in [1.29, 1.82) is 0 Å². The minimum absolute atomic E-state index is 0.395. The lowest BCUT2D eigenvalue weighted by molar-refractivity contribution is 0.638. The van der Waals surface area contributed by atoms with Gasteiger partial charge < -0.3 is 9.88 Å². The Bertz CT molecular complexity index is 445. The number of aromatic nitrogens is 1. The highest BCUT2D eigenvalue weighted by atomic mass is 15.0. The monoisotopic (exact) mass is 228 g/mol. The normalized spacial score (nSPS) is 12.6. The minimum atomic E-state index is 0.395. The third-order valence-corrected chi connectivity index (χ3v) is 3.08. The largest absolute Gasteiger partial charge is 0.347 e. The summed E-state index contributed by atoms with van der Waals surface area (Å²) >= 11 is 0. The van der Waals surface area contributed by atoms with E-state index in [2.05, 4.69) is 72.5 Å². The molecular formula is C15H20N2. The fourth-order valence-electron chi connectivity index (χ4n) is 1.98. The van der Waals surface area contributed by atoms with Crippen LogP contribution in [-0.2, 0) is 6.54 Å². The van der Waals surface area contributed by atoms with Gasteiger partial charge in [0.1, 0.15) is 0 Å². The summed E-state index contributed by atoms with van der Waals surface area (Å²) in [4.78, 5) is 0. The molecule has 1 aromatic heterocycles. The Morgan fingerprint density at radius 1 is 1.18 bits per heavy atom. The van der Waals surface area contributed by atoms with Gasteiger partial charge in [0.2, 0.25) is 0 Å². The summed E-state index contributed by atoms with van der Waals surface area (Å²) in [6, 6.07) is 13.2. The van der Waals surface area contributed by atoms with Gasteiger partial charge in [-0.3, -0.25) is 0 Å². The second-order valence-corrected chi connectivity index (χ2v) is 4.33. The second-order valence-electron chi connectivity index (χ2n) is 4.33. The zero-order valence-electron chi connectivity index (χ0n) is 10.6. The zero-order valence-corrected chi connectivity index (χ0v) is 10.6. The van der Waals surface area contributed by atoms with Crippen LogP contribution in [0.15, 0.2) is 48.8 Å². The van der Waals surface area contributed by atoms with Crippen molar-refractivity contribution in [3.63, 3.8) is 0 Å².